The second-order valence-corrected chi connectivity index (χ2v) is 6.34. The molecular weight excluding hydrogens is 274 g/mol. The number of imidazole rings is 1. The Labute approximate surface area is 132 Å². The predicted molar refractivity (Wildman–Crippen MR) is 91.7 cm³/mol. The summed E-state index contributed by atoms with van der Waals surface area (Å²) in [7, 11) is 0. The zero-order valence-electron chi connectivity index (χ0n) is 14.3. The highest BCUT2D eigenvalue weighted by Gasteiger charge is 2.17. The maximum absolute atomic E-state index is 12.3. The van der Waals surface area contributed by atoms with Crippen LogP contribution in [0, 0.1) is 13.8 Å². The van der Waals surface area contributed by atoms with E-state index in [4.69, 9.17) is 0 Å². The van der Waals surface area contributed by atoms with Gasteiger partial charge >= 0.3 is 0 Å². The number of amides is 1. The standard InChI is InChI=1S/C18H25N3O/c1-11(2)21(12(3)4)18(22)8-7-17-19-15-9-13(5)14(6)10-16(15)20-17/h7-12H,1-6H3,(H,19,20). The summed E-state index contributed by atoms with van der Waals surface area (Å²) in [5.41, 5.74) is 4.38. The molecule has 0 aliphatic heterocycles. The topological polar surface area (TPSA) is 49.0 Å². The number of nitrogens with zero attached hydrogens (tertiary/aromatic N) is 2. The van der Waals surface area contributed by atoms with E-state index in [0.717, 1.165) is 11.0 Å². The molecule has 0 saturated heterocycles. The number of nitrogens with one attached hydrogen (secondary N) is 1. The molecule has 0 radical (unpaired) electrons. The van der Waals surface area contributed by atoms with Crippen LogP contribution >= 0.6 is 0 Å². The molecule has 0 fully saturated rings. The van der Waals surface area contributed by atoms with Crippen molar-refractivity contribution in [3.63, 3.8) is 0 Å². The van der Waals surface area contributed by atoms with Crippen LogP contribution in [-0.4, -0.2) is 32.9 Å². The zero-order valence-corrected chi connectivity index (χ0v) is 14.3. The maximum Gasteiger partial charge on any atom is 0.247 e. The first-order chi connectivity index (χ1) is 10.3. The molecule has 1 aromatic heterocycles. The summed E-state index contributed by atoms with van der Waals surface area (Å²) in [6.45, 7) is 12.3. The van der Waals surface area contributed by atoms with E-state index in [-0.39, 0.29) is 18.0 Å². The van der Waals surface area contributed by atoms with Gasteiger partial charge in [-0.25, -0.2) is 4.98 Å². The van der Waals surface area contributed by atoms with Gasteiger partial charge in [-0.15, -0.1) is 0 Å². The molecule has 0 bridgehead atoms. The van der Waals surface area contributed by atoms with Crippen LogP contribution in [0.1, 0.15) is 44.6 Å². The summed E-state index contributed by atoms with van der Waals surface area (Å²) in [6, 6.07) is 4.51. The van der Waals surface area contributed by atoms with Gasteiger partial charge in [-0.3, -0.25) is 4.79 Å². The van der Waals surface area contributed by atoms with Crippen molar-refractivity contribution in [2.24, 2.45) is 0 Å². The highest BCUT2D eigenvalue weighted by atomic mass is 16.2. The SMILES string of the molecule is Cc1cc2nc(C=CC(=O)N(C(C)C)C(C)C)[nH]c2cc1C. The number of H-pyrrole nitrogens is 1. The first kappa shape index (κ1) is 16.3. The van der Waals surface area contributed by atoms with Crippen LogP contribution in [0.3, 0.4) is 0 Å². The van der Waals surface area contributed by atoms with Crippen molar-refractivity contribution in [2.45, 2.75) is 53.6 Å². The minimum absolute atomic E-state index is 0.0119. The first-order valence-corrected chi connectivity index (χ1v) is 7.77. The van der Waals surface area contributed by atoms with E-state index in [9.17, 15) is 4.79 Å². The molecule has 22 heavy (non-hydrogen) atoms. The molecular formula is C18H25N3O. The third kappa shape index (κ3) is 3.38. The summed E-state index contributed by atoms with van der Waals surface area (Å²) in [4.78, 5) is 21.9. The smallest absolute Gasteiger partial charge is 0.247 e. The van der Waals surface area contributed by atoms with E-state index in [2.05, 4.69) is 35.9 Å². The van der Waals surface area contributed by atoms with E-state index in [1.807, 2.05) is 32.6 Å². The lowest BCUT2D eigenvalue weighted by atomic mass is 10.1. The number of hydrogen-bond acceptors (Lipinski definition) is 2. The molecule has 0 atom stereocenters. The number of carbonyl (C=O) groups is 1. The molecule has 4 nitrogen and oxygen atoms in total. The number of carbonyl (C=O) groups excluding carboxylic acids is 1. The van der Waals surface area contributed by atoms with Gasteiger partial charge in [0.2, 0.25) is 5.91 Å². The average Bonchev–Trinajstić information content (AvgIpc) is 2.78. The van der Waals surface area contributed by atoms with E-state index in [0.29, 0.717) is 5.82 Å². The molecule has 118 valence electrons. The third-order valence-corrected chi connectivity index (χ3v) is 3.87. The van der Waals surface area contributed by atoms with Crippen molar-refractivity contribution in [1.82, 2.24) is 14.9 Å². The van der Waals surface area contributed by atoms with Crippen LogP contribution in [0.5, 0.6) is 0 Å². The van der Waals surface area contributed by atoms with E-state index in [1.165, 1.54) is 11.1 Å². The Morgan fingerprint density at radius 2 is 1.73 bits per heavy atom. The van der Waals surface area contributed by atoms with Gasteiger partial charge in [-0.2, -0.15) is 0 Å². The van der Waals surface area contributed by atoms with Crippen LogP contribution in [0.4, 0.5) is 0 Å². The van der Waals surface area contributed by atoms with Gasteiger partial charge in [-0.1, -0.05) is 0 Å². The van der Waals surface area contributed by atoms with Crippen molar-refractivity contribution in [2.75, 3.05) is 0 Å². The number of benzene rings is 1. The molecule has 1 heterocycles. The summed E-state index contributed by atoms with van der Waals surface area (Å²) >= 11 is 0. The molecule has 0 aliphatic carbocycles. The quantitative estimate of drug-likeness (QED) is 0.872. The van der Waals surface area contributed by atoms with Crippen molar-refractivity contribution in [3.8, 4) is 0 Å². The molecule has 0 spiro atoms. The van der Waals surface area contributed by atoms with Gasteiger partial charge < -0.3 is 9.88 Å². The summed E-state index contributed by atoms with van der Waals surface area (Å²) < 4.78 is 0. The van der Waals surface area contributed by atoms with E-state index >= 15 is 0 Å². The number of hydrogen-bond donors (Lipinski definition) is 1. The Morgan fingerprint density at radius 1 is 1.14 bits per heavy atom. The van der Waals surface area contributed by atoms with Gasteiger partial charge in [-0.05, 0) is 70.9 Å². The van der Waals surface area contributed by atoms with Crippen molar-refractivity contribution < 1.29 is 4.79 Å². The minimum Gasteiger partial charge on any atom is -0.338 e. The van der Waals surface area contributed by atoms with Crippen LogP contribution in [0.25, 0.3) is 17.1 Å². The van der Waals surface area contributed by atoms with E-state index < -0.39 is 0 Å². The molecule has 0 aliphatic rings. The minimum atomic E-state index is 0.0119. The predicted octanol–water partition coefficient (Wildman–Crippen LogP) is 3.84. The third-order valence-electron chi connectivity index (χ3n) is 3.87. The zero-order chi connectivity index (χ0) is 16.4. The van der Waals surface area contributed by atoms with Crippen molar-refractivity contribution >= 4 is 23.0 Å². The number of fused-ring (bicyclic) bond motifs is 1. The molecule has 1 aromatic carbocycles. The fourth-order valence-corrected chi connectivity index (χ4v) is 2.71. The van der Waals surface area contributed by atoms with Crippen molar-refractivity contribution in [1.29, 1.82) is 0 Å². The number of rotatable bonds is 4. The number of aromatic amines is 1. The van der Waals surface area contributed by atoms with Crippen LogP contribution in [-0.2, 0) is 4.79 Å². The fraction of sp³-hybridized carbons (Fsp3) is 0.444. The molecule has 2 rings (SSSR count). The van der Waals surface area contributed by atoms with Crippen LogP contribution in [0.15, 0.2) is 18.2 Å². The normalized spacial score (nSPS) is 12.0. The maximum atomic E-state index is 12.3. The van der Waals surface area contributed by atoms with E-state index in [1.54, 1.807) is 12.2 Å². The molecule has 1 N–H and O–H groups in total. The van der Waals surface area contributed by atoms with Crippen LogP contribution in [0.2, 0.25) is 0 Å². The highest BCUT2D eigenvalue weighted by Crippen LogP contribution is 2.18. The molecule has 0 unspecified atom stereocenters. The fourth-order valence-electron chi connectivity index (χ4n) is 2.71. The van der Waals surface area contributed by atoms with Gasteiger partial charge in [0, 0.05) is 18.2 Å². The second kappa shape index (κ2) is 6.34. The van der Waals surface area contributed by atoms with Gasteiger partial charge in [0.1, 0.15) is 5.82 Å². The Morgan fingerprint density at radius 3 is 2.32 bits per heavy atom. The lowest BCUT2D eigenvalue weighted by Crippen LogP contribution is -2.41. The first-order valence-electron chi connectivity index (χ1n) is 7.77. The van der Waals surface area contributed by atoms with Gasteiger partial charge in [0.05, 0.1) is 11.0 Å². The number of aromatic nitrogens is 2. The largest absolute Gasteiger partial charge is 0.338 e. The Hall–Kier alpha value is -2.10. The summed E-state index contributed by atoms with van der Waals surface area (Å²) in [5, 5.41) is 0. The van der Waals surface area contributed by atoms with Crippen molar-refractivity contribution in [3.05, 3.63) is 35.2 Å². The lowest BCUT2D eigenvalue weighted by Gasteiger charge is -2.29. The monoisotopic (exact) mass is 299 g/mol. The lowest BCUT2D eigenvalue weighted by molar-refractivity contribution is -0.129. The Bertz CT molecular complexity index is 663. The number of aryl methyl sites for hydroxylation is 2. The molecule has 1 amide bonds. The Balaban J connectivity index is 2.24. The van der Waals surface area contributed by atoms with Crippen LogP contribution < -0.4 is 0 Å². The summed E-state index contributed by atoms with van der Waals surface area (Å²) in [6.07, 6.45) is 3.35. The molecule has 2 aromatic rings. The average molecular weight is 299 g/mol. The molecule has 4 heteroatoms. The second-order valence-electron chi connectivity index (χ2n) is 6.34. The summed E-state index contributed by atoms with van der Waals surface area (Å²) in [5.74, 6) is 0.721. The highest BCUT2D eigenvalue weighted by molar-refractivity contribution is 5.92. The van der Waals surface area contributed by atoms with Gasteiger partial charge in [0.25, 0.3) is 0 Å². The van der Waals surface area contributed by atoms with Gasteiger partial charge in [0.15, 0.2) is 0 Å². The Kier molecular flexibility index (Phi) is 4.69. The molecule has 0 saturated carbocycles.